The Balaban J connectivity index is 2.11. The number of carbonyl (C=O) groups excluding carboxylic acids is 1. The summed E-state index contributed by atoms with van der Waals surface area (Å²) in [6, 6.07) is 1.91. The Morgan fingerprint density at radius 2 is 1.89 bits per heavy atom. The molecule has 5 nitrogen and oxygen atoms in total. The van der Waals surface area contributed by atoms with E-state index in [2.05, 4.69) is 20.2 Å². The summed E-state index contributed by atoms with van der Waals surface area (Å²) < 4.78 is 0. The van der Waals surface area contributed by atoms with Crippen molar-refractivity contribution in [2.75, 3.05) is 18.0 Å². The molecule has 1 saturated heterocycles. The van der Waals surface area contributed by atoms with Crippen LogP contribution in [0.15, 0.2) is 12.4 Å². The van der Waals surface area contributed by atoms with Crippen LogP contribution in [-0.2, 0) is 0 Å². The first-order chi connectivity index (χ1) is 9.16. The summed E-state index contributed by atoms with van der Waals surface area (Å²) in [6.45, 7) is 5.91. The van der Waals surface area contributed by atoms with Crippen LogP contribution in [0.3, 0.4) is 0 Å². The molecule has 0 bridgehead atoms. The summed E-state index contributed by atoms with van der Waals surface area (Å²) in [7, 11) is 0. The van der Waals surface area contributed by atoms with E-state index in [1.165, 1.54) is 32.0 Å². The third-order valence-electron chi connectivity index (χ3n) is 3.24. The molecule has 0 unspecified atom stereocenters. The molecular formula is C14H22N4O. The third kappa shape index (κ3) is 3.91. The van der Waals surface area contributed by atoms with Gasteiger partial charge >= 0.3 is 0 Å². The van der Waals surface area contributed by atoms with E-state index in [9.17, 15) is 4.79 Å². The Labute approximate surface area is 114 Å². The zero-order valence-electron chi connectivity index (χ0n) is 11.7. The van der Waals surface area contributed by atoms with Crippen LogP contribution in [-0.4, -0.2) is 35.0 Å². The molecular weight excluding hydrogens is 240 g/mol. The molecule has 2 heterocycles. The molecule has 1 N–H and O–H groups in total. The number of anilines is 1. The fourth-order valence-corrected chi connectivity index (χ4v) is 2.28. The van der Waals surface area contributed by atoms with Crippen molar-refractivity contribution >= 4 is 11.7 Å². The topological polar surface area (TPSA) is 58.1 Å². The molecule has 0 atom stereocenters. The predicted octanol–water partition coefficient (Wildman–Crippen LogP) is 2.00. The lowest BCUT2D eigenvalue weighted by molar-refractivity contribution is 0.0938. The predicted molar refractivity (Wildman–Crippen MR) is 75.3 cm³/mol. The van der Waals surface area contributed by atoms with Gasteiger partial charge in [-0.2, -0.15) is 0 Å². The highest BCUT2D eigenvalue weighted by Crippen LogP contribution is 2.17. The van der Waals surface area contributed by atoms with E-state index in [1.807, 2.05) is 13.8 Å². The fraction of sp³-hybridized carbons (Fsp3) is 0.643. The summed E-state index contributed by atoms with van der Waals surface area (Å²) >= 11 is 0. The van der Waals surface area contributed by atoms with Crippen molar-refractivity contribution < 1.29 is 4.79 Å². The monoisotopic (exact) mass is 262 g/mol. The van der Waals surface area contributed by atoms with E-state index in [1.54, 1.807) is 6.07 Å². The molecule has 1 aromatic rings. The number of nitrogens with one attached hydrogen (secondary N) is 1. The molecule has 0 aliphatic carbocycles. The summed E-state index contributed by atoms with van der Waals surface area (Å²) in [5.74, 6) is 0.735. The first kappa shape index (κ1) is 13.8. The summed E-state index contributed by atoms with van der Waals surface area (Å²) in [5, 5.41) is 2.85. The van der Waals surface area contributed by atoms with Gasteiger partial charge in [-0.15, -0.1) is 0 Å². The van der Waals surface area contributed by atoms with Gasteiger partial charge in [-0.1, -0.05) is 12.8 Å². The van der Waals surface area contributed by atoms with Gasteiger partial charge in [0.2, 0.25) is 0 Å². The van der Waals surface area contributed by atoms with E-state index in [0.717, 1.165) is 18.9 Å². The molecule has 1 fully saturated rings. The van der Waals surface area contributed by atoms with Crippen molar-refractivity contribution in [1.82, 2.24) is 15.3 Å². The van der Waals surface area contributed by atoms with Crippen molar-refractivity contribution in [2.24, 2.45) is 0 Å². The van der Waals surface area contributed by atoms with E-state index in [4.69, 9.17) is 0 Å². The van der Waals surface area contributed by atoms with E-state index >= 15 is 0 Å². The van der Waals surface area contributed by atoms with Gasteiger partial charge in [-0.05, 0) is 26.7 Å². The van der Waals surface area contributed by atoms with Crippen LogP contribution < -0.4 is 10.2 Å². The average molecular weight is 262 g/mol. The third-order valence-corrected chi connectivity index (χ3v) is 3.24. The number of rotatable bonds is 3. The average Bonchev–Trinajstić information content (AvgIpc) is 2.67. The van der Waals surface area contributed by atoms with Gasteiger partial charge < -0.3 is 10.2 Å². The summed E-state index contributed by atoms with van der Waals surface area (Å²) in [6.07, 6.45) is 6.43. The molecule has 0 radical (unpaired) electrons. The van der Waals surface area contributed by atoms with Crippen LogP contribution in [0.5, 0.6) is 0 Å². The highest BCUT2D eigenvalue weighted by molar-refractivity contribution is 5.93. The van der Waals surface area contributed by atoms with E-state index < -0.39 is 0 Å². The van der Waals surface area contributed by atoms with Gasteiger partial charge in [0.15, 0.2) is 0 Å². The largest absolute Gasteiger partial charge is 0.357 e. The van der Waals surface area contributed by atoms with Crippen LogP contribution in [0.4, 0.5) is 5.82 Å². The second-order valence-electron chi connectivity index (χ2n) is 5.29. The quantitative estimate of drug-likeness (QED) is 0.905. The molecule has 1 aliphatic rings. The molecule has 1 aromatic heterocycles. The van der Waals surface area contributed by atoms with Gasteiger partial charge in [0, 0.05) is 25.2 Å². The molecule has 19 heavy (non-hydrogen) atoms. The first-order valence-electron chi connectivity index (χ1n) is 7.04. The maximum atomic E-state index is 11.9. The maximum Gasteiger partial charge on any atom is 0.270 e. The molecule has 0 saturated carbocycles. The minimum atomic E-state index is -0.131. The molecule has 0 aromatic carbocycles. The van der Waals surface area contributed by atoms with Crippen molar-refractivity contribution in [3.8, 4) is 0 Å². The van der Waals surface area contributed by atoms with Gasteiger partial charge in [-0.3, -0.25) is 4.79 Å². The zero-order chi connectivity index (χ0) is 13.7. The zero-order valence-corrected chi connectivity index (χ0v) is 11.7. The number of carbonyl (C=O) groups is 1. The van der Waals surface area contributed by atoms with Crippen LogP contribution >= 0.6 is 0 Å². The Morgan fingerprint density at radius 1 is 1.21 bits per heavy atom. The van der Waals surface area contributed by atoms with Gasteiger partial charge in [0.05, 0.1) is 0 Å². The van der Waals surface area contributed by atoms with Crippen molar-refractivity contribution in [1.29, 1.82) is 0 Å². The first-order valence-corrected chi connectivity index (χ1v) is 7.04. The van der Waals surface area contributed by atoms with Crippen LogP contribution in [0.25, 0.3) is 0 Å². The second kappa shape index (κ2) is 6.50. The highest BCUT2D eigenvalue weighted by atomic mass is 16.1. The van der Waals surface area contributed by atoms with Crippen molar-refractivity contribution in [2.45, 2.75) is 45.6 Å². The highest BCUT2D eigenvalue weighted by Gasteiger charge is 2.14. The van der Waals surface area contributed by atoms with Crippen LogP contribution in [0.2, 0.25) is 0 Å². The molecule has 104 valence electrons. The fourth-order valence-electron chi connectivity index (χ4n) is 2.28. The van der Waals surface area contributed by atoms with E-state index in [0.29, 0.717) is 5.69 Å². The van der Waals surface area contributed by atoms with Crippen molar-refractivity contribution in [3.63, 3.8) is 0 Å². The lowest BCUT2D eigenvalue weighted by Gasteiger charge is -2.21. The van der Waals surface area contributed by atoms with Crippen molar-refractivity contribution in [3.05, 3.63) is 18.1 Å². The van der Waals surface area contributed by atoms with E-state index in [-0.39, 0.29) is 11.9 Å². The Hall–Kier alpha value is -1.65. The standard InChI is InChI=1S/C14H22N4O/c1-11(2)17-14(19)12-9-13(16-10-15-12)18-7-5-3-4-6-8-18/h9-11H,3-8H2,1-2H3,(H,17,19). The normalized spacial score (nSPS) is 16.3. The van der Waals surface area contributed by atoms with Crippen LogP contribution in [0.1, 0.15) is 50.0 Å². The molecule has 1 amide bonds. The maximum absolute atomic E-state index is 11.9. The summed E-state index contributed by atoms with van der Waals surface area (Å²) in [5.41, 5.74) is 0.447. The smallest absolute Gasteiger partial charge is 0.270 e. The second-order valence-corrected chi connectivity index (χ2v) is 5.29. The van der Waals surface area contributed by atoms with Gasteiger partial charge in [0.25, 0.3) is 5.91 Å². The number of aromatic nitrogens is 2. The minimum Gasteiger partial charge on any atom is -0.357 e. The van der Waals surface area contributed by atoms with Crippen LogP contribution in [0, 0.1) is 0 Å². The number of hydrogen-bond acceptors (Lipinski definition) is 4. The molecule has 5 heteroatoms. The molecule has 2 rings (SSSR count). The number of hydrogen-bond donors (Lipinski definition) is 1. The minimum absolute atomic E-state index is 0.115. The van der Waals surface area contributed by atoms with Gasteiger partial charge in [-0.25, -0.2) is 9.97 Å². The lowest BCUT2D eigenvalue weighted by atomic mass is 10.2. The SMILES string of the molecule is CC(C)NC(=O)c1cc(N2CCCCCC2)ncn1. The Kier molecular flexibility index (Phi) is 4.71. The Morgan fingerprint density at radius 3 is 2.53 bits per heavy atom. The molecule has 1 aliphatic heterocycles. The Bertz CT molecular complexity index is 425. The number of amides is 1. The summed E-state index contributed by atoms with van der Waals surface area (Å²) in [4.78, 5) is 22.6. The number of nitrogens with zero attached hydrogens (tertiary/aromatic N) is 3. The molecule has 0 spiro atoms. The lowest BCUT2D eigenvalue weighted by Crippen LogP contribution is -2.31. The van der Waals surface area contributed by atoms with Gasteiger partial charge in [0.1, 0.15) is 17.8 Å².